The minimum absolute atomic E-state index is 0.0250. The Labute approximate surface area is 132 Å². The summed E-state index contributed by atoms with van der Waals surface area (Å²) in [6, 6.07) is 8.67. The maximum Gasteiger partial charge on any atom is 0.250 e. The first-order chi connectivity index (χ1) is 10.1. The summed E-state index contributed by atoms with van der Waals surface area (Å²) in [5, 5.41) is 0. The molecule has 0 bridgehead atoms. The van der Waals surface area contributed by atoms with Gasteiger partial charge in [0.25, 0.3) is 5.91 Å². The monoisotopic (exact) mass is 348 g/mol. The van der Waals surface area contributed by atoms with Crippen molar-refractivity contribution in [2.75, 3.05) is 13.1 Å². The molecule has 2 aliphatic rings. The molecule has 21 heavy (non-hydrogen) atoms. The molecule has 2 saturated heterocycles. The second-order valence-corrected chi connectivity index (χ2v) is 6.61. The molecule has 2 amide bonds. The topological polar surface area (TPSA) is 40.6 Å². The predicted octanol–water partition coefficient (Wildman–Crippen LogP) is 2.47. The molecule has 0 aromatic heterocycles. The first-order valence-corrected chi connectivity index (χ1v) is 7.88. The number of amides is 2. The van der Waals surface area contributed by atoms with Crippen LogP contribution in [0.2, 0.25) is 0 Å². The molecule has 2 heterocycles. The van der Waals surface area contributed by atoms with Crippen molar-refractivity contribution < 1.29 is 9.59 Å². The zero-order valence-electron chi connectivity index (χ0n) is 11.7. The predicted molar refractivity (Wildman–Crippen MR) is 83.7 cm³/mol. The summed E-state index contributed by atoms with van der Waals surface area (Å²) < 4.78 is 0.705. The molecule has 0 radical (unpaired) electrons. The first-order valence-electron chi connectivity index (χ1n) is 7.09. The lowest BCUT2D eigenvalue weighted by Crippen LogP contribution is -2.58. The maximum atomic E-state index is 12.8. The van der Waals surface area contributed by atoms with E-state index in [4.69, 9.17) is 0 Å². The Morgan fingerprint density at radius 2 is 1.95 bits per heavy atom. The molecule has 2 fully saturated rings. The van der Waals surface area contributed by atoms with Crippen LogP contribution < -0.4 is 0 Å². The lowest BCUT2D eigenvalue weighted by Gasteiger charge is -2.42. The highest BCUT2D eigenvalue weighted by Gasteiger charge is 2.48. The average Bonchev–Trinajstić information content (AvgIpc) is 2.95. The van der Waals surface area contributed by atoms with Gasteiger partial charge in [0.05, 0.1) is 6.54 Å². The van der Waals surface area contributed by atoms with Gasteiger partial charge in [0.2, 0.25) is 5.91 Å². The lowest BCUT2D eigenvalue weighted by atomic mass is 9.98. The number of fused-ring (bicyclic) bond motifs is 1. The number of carbonyl (C=O) groups excluding carboxylic acids is 2. The van der Waals surface area contributed by atoms with Gasteiger partial charge in [0.1, 0.15) is 12.1 Å². The van der Waals surface area contributed by atoms with Crippen LogP contribution in [0.1, 0.15) is 24.4 Å². The van der Waals surface area contributed by atoms with E-state index in [9.17, 15) is 9.59 Å². The minimum atomic E-state index is -0.539. The summed E-state index contributed by atoms with van der Waals surface area (Å²) in [5.41, 5.74) is 0.856. The fraction of sp³-hybridized carbons (Fsp3) is 0.375. The number of piperazine rings is 1. The number of hydrogen-bond acceptors (Lipinski definition) is 2. The zero-order chi connectivity index (χ0) is 15.0. The van der Waals surface area contributed by atoms with E-state index >= 15 is 0 Å². The van der Waals surface area contributed by atoms with E-state index in [1.807, 2.05) is 30.3 Å². The number of rotatable bonds is 3. The van der Waals surface area contributed by atoms with E-state index in [0.29, 0.717) is 17.6 Å². The minimum Gasteiger partial charge on any atom is -0.329 e. The highest BCUT2D eigenvalue weighted by atomic mass is 79.9. The van der Waals surface area contributed by atoms with Gasteiger partial charge in [-0.3, -0.25) is 9.59 Å². The van der Waals surface area contributed by atoms with E-state index in [1.165, 1.54) is 0 Å². The van der Waals surface area contributed by atoms with Crippen molar-refractivity contribution in [3.05, 3.63) is 47.0 Å². The van der Waals surface area contributed by atoms with Crippen LogP contribution in [0.5, 0.6) is 0 Å². The largest absolute Gasteiger partial charge is 0.329 e. The molecule has 110 valence electrons. The molecular weight excluding hydrogens is 332 g/mol. The second kappa shape index (κ2) is 5.64. The standard InChI is InChI=1S/C16H17BrN2O2/c1-11(17)10-19-14(12-6-3-2-4-7-12)16(21)18-9-5-8-13(18)15(19)20/h2-4,6-7,13-14H,1,5,8-10H2. The van der Waals surface area contributed by atoms with Crippen molar-refractivity contribution in [3.8, 4) is 0 Å². The molecule has 2 atom stereocenters. The third-order valence-electron chi connectivity index (χ3n) is 4.11. The summed E-state index contributed by atoms with van der Waals surface area (Å²) in [4.78, 5) is 29.0. The van der Waals surface area contributed by atoms with Crippen LogP contribution in [-0.2, 0) is 9.59 Å². The van der Waals surface area contributed by atoms with Gasteiger partial charge < -0.3 is 9.80 Å². The van der Waals surface area contributed by atoms with Gasteiger partial charge in [0, 0.05) is 11.0 Å². The fourth-order valence-corrected chi connectivity index (χ4v) is 3.48. The molecule has 0 spiro atoms. The Balaban J connectivity index is 2.01. The van der Waals surface area contributed by atoms with Crippen molar-refractivity contribution in [1.29, 1.82) is 0 Å². The molecule has 0 aliphatic carbocycles. The van der Waals surface area contributed by atoms with Crippen LogP contribution in [-0.4, -0.2) is 40.7 Å². The van der Waals surface area contributed by atoms with Crippen LogP contribution in [0.3, 0.4) is 0 Å². The van der Waals surface area contributed by atoms with Crippen LogP contribution in [0, 0.1) is 0 Å². The van der Waals surface area contributed by atoms with E-state index in [2.05, 4.69) is 22.5 Å². The number of carbonyl (C=O) groups is 2. The SMILES string of the molecule is C=C(Br)CN1C(=O)C2CCCN2C(=O)C1c1ccccc1. The summed E-state index contributed by atoms with van der Waals surface area (Å²) in [6.07, 6.45) is 1.66. The van der Waals surface area contributed by atoms with Crippen molar-refractivity contribution in [2.24, 2.45) is 0 Å². The Hall–Kier alpha value is -1.62. The van der Waals surface area contributed by atoms with Gasteiger partial charge in [-0.2, -0.15) is 0 Å². The van der Waals surface area contributed by atoms with Gasteiger partial charge in [-0.15, -0.1) is 0 Å². The second-order valence-electron chi connectivity index (χ2n) is 5.49. The molecule has 1 aromatic rings. The molecule has 4 nitrogen and oxygen atoms in total. The van der Waals surface area contributed by atoms with Crippen LogP contribution in [0.4, 0.5) is 0 Å². The molecule has 5 heteroatoms. The Morgan fingerprint density at radius 1 is 1.24 bits per heavy atom. The van der Waals surface area contributed by atoms with Crippen molar-refractivity contribution in [1.82, 2.24) is 9.80 Å². The molecule has 1 aromatic carbocycles. The van der Waals surface area contributed by atoms with E-state index < -0.39 is 6.04 Å². The molecule has 2 unspecified atom stereocenters. The molecular formula is C16H17BrN2O2. The molecule has 2 aliphatic heterocycles. The Bertz CT molecular complexity index is 587. The molecule has 0 saturated carbocycles. The van der Waals surface area contributed by atoms with Crippen LogP contribution in [0.25, 0.3) is 0 Å². The third-order valence-corrected chi connectivity index (χ3v) is 4.36. The van der Waals surface area contributed by atoms with Gasteiger partial charge in [-0.1, -0.05) is 52.8 Å². The lowest BCUT2D eigenvalue weighted by molar-refractivity contribution is -0.159. The highest BCUT2D eigenvalue weighted by Crippen LogP contribution is 2.35. The summed E-state index contributed by atoms with van der Waals surface area (Å²) in [6.45, 7) is 4.86. The normalized spacial score (nSPS) is 25.2. The van der Waals surface area contributed by atoms with E-state index in [1.54, 1.807) is 9.80 Å². The summed E-state index contributed by atoms with van der Waals surface area (Å²) in [7, 11) is 0. The number of hydrogen-bond donors (Lipinski definition) is 0. The average molecular weight is 349 g/mol. The quantitative estimate of drug-likeness (QED) is 0.841. The smallest absolute Gasteiger partial charge is 0.250 e. The van der Waals surface area contributed by atoms with Gasteiger partial charge in [0.15, 0.2) is 0 Å². The van der Waals surface area contributed by atoms with E-state index in [0.717, 1.165) is 18.4 Å². The number of halogens is 1. The number of benzene rings is 1. The Morgan fingerprint density at radius 3 is 2.62 bits per heavy atom. The fourth-order valence-electron chi connectivity index (χ4n) is 3.21. The van der Waals surface area contributed by atoms with Gasteiger partial charge >= 0.3 is 0 Å². The van der Waals surface area contributed by atoms with Crippen LogP contribution in [0.15, 0.2) is 41.4 Å². The summed E-state index contributed by atoms with van der Waals surface area (Å²) in [5.74, 6) is 0.0543. The van der Waals surface area contributed by atoms with E-state index in [-0.39, 0.29) is 17.9 Å². The molecule has 3 rings (SSSR count). The van der Waals surface area contributed by atoms with Crippen molar-refractivity contribution in [2.45, 2.75) is 24.9 Å². The Kier molecular flexibility index (Phi) is 3.85. The number of nitrogens with zero attached hydrogens (tertiary/aromatic N) is 2. The zero-order valence-corrected chi connectivity index (χ0v) is 13.3. The van der Waals surface area contributed by atoms with Crippen LogP contribution >= 0.6 is 15.9 Å². The van der Waals surface area contributed by atoms with Gasteiger partial charge in [-0.25, -0.2) is 0 Å². The molecule has 0 N–H and O–H groups in total. The third kappa shape index (κ3) is 2.50. The summed E-state index contributed by atoms with van der Waals surface area (Å²) >= 11 is 3.32. The van der Waals surface area contributed by atoms with Gasteiger partial charge in [-0.05, 0) is 18.4 Å². The highest BCUT2D eigenvalue weighted by molar-refractivity contribution is 9.11. The van der Waals surface area contributed by atoms with Crippen molar-refractivity contribution >= 4 is 27.7 Å². The first kappa shape index (κ1) is 14.3. The maximum absolute atomic E-state index is 12.8. The van der Waals surface area contributed by atoms with Crippen molar-refractivity contribution in [3.63, 3.8) is 0 Å².